The van der Waals surface area contributed by atoms with Crippen molar-refractivity contribution in [2.24, 2.45) is 0 Å². The maximum absolute atomic E-state index is 12.7. The Balaban J connectivity index is 2.37. The molecule has 1 aliphatic heterocycles. The largest absolute Gasteiger partial charge is 0.756 e. The van der Waals surface area contributed by atoms with Crippen molar-refractivity contribution in [3.63, 3.8) is 0 Å². The third-order valence-electron chi connectivity index (χ3n) is 9.19. The molecule has 4 atom stereocenters. The predicted octanol–water partition coefficient (Wildman–Crippen LogP) is 11.5. The molecule has 3 unspecified atom stereocenters. The van der Waals surface area contributed by atoms with Gasteiger partial charge in [0, 0.05) is 12.8 Å². The van der Waals surface area contributed by atoms with Crippen molar-refractivity contribution >= 4 is 19.8 Å². The summed E-state index contributed by atoms with van der Waals surface area (Å²) in [5, 5.41) is 0. The molecule has 0 aromatic heterocycles. The van der Waals surface area contributed by atoms with Gasteiger partial charge in [0.2, 0.25) is 0 Å². The summed E-state index contributed by atoms with van der Waals surface area (Å²) >= 11 is 0. The van der Waals surface area contributed by atoms with Gasteiger partial charge in [-0.25, -0.2) is 0 Å². The Hall–Kier alpha value is -3.37. The van der Waals surface area contributed by atoms with Crippen molar-refractivity contribution in [1.82, 2.24) is 0 Å². The highest BCUT2D eigenvalue weighted by Gasteiger charge is 2.36. The van der Waals surface area contributed by atoms with Gasteiger partial charge >= 0.3 is 11.9 Å². The molecular weight excluding hydrogens is 790 g/mol. The van der Waals surface area contributed by atoms with E-state index in [2.05, 4.69) is 105 Å². The van der Waals surface area contributed by atoms with Gasteiger partial charge in [0.15, 0.2) is 6.10 Å². The molecule has 0 N–H and O–H groups in total. The van der Waals surface area contributed by atoms with Gasteiger partial charge in [0.25, 0.3) is 7.82 Å². The summed E-state index contributed by atoms with van der Waals surface area (Å²) in [6.07, 6.45) is 53.2. The van der Waals surface area contributed by atoms with E-state index in [1.54, 1.807) is 0 Å². The average molecular weight is 870 g/mol. The van der Waals surface area contributed by atoms with Gasteiger partial charge in [-0.05, 0) is 89.9 Å². The zero-order chi connectivity index (χ0) is 44.7. The second kappa shape index (κ2) is 37.2. The van der Waals surface area contributed by atoms with Crippen LogP contribution in [0.25, 0.3) is 0 Å². The highest BCUT2D eigenvalue weighted by atomic mass is 31.2. The Kier molecular flexibility index (Phi) is 33.9. The molecule has 0 spiro atoms. The monoisotopic (exact) mass is 870 g/mol. The number of carbonyl (C=O) groups is 2. The quantitative estimate of drug-likeness (QED) is 0.0149. The number of allylic oxidation sites excluding steroid dienone is 16. The van der Waals surface area contributed by atoms with E-state index in [0.717, 1.165) is 64.2 Å². The van der Waals surface area contributed by atoms with Crippen molar-refractivity contribution in [3.8, 4) is 0 Å². The molecule has 0 aliphatic carbocycles. The number of phosphoric ester groups is 1. The number of hydrogen-bond acceptors (Lipinski definition) is 9. The van der Waals surface area contributed by atoms with E-state index in [9.17, 15) is 19.0 Å². The lowest BCUT2D eigenvalue weighted by atomic mass is 10.1. The number of nitrogens with zero attached hydrogens (tertiary/aromatic N) is 1. The van der Waals surface area contributed by atoms with E-state index in [-0.39, 0.29) is 26.1 Å². The van der Waals surface area contributed by atoms with Crippen molar-refractivity contribution in [3.05, 3.63) is 109 Å². The maximum atomic E-state index is 12.7. The Morgan fingerprint density at radius 2 is 1.10 bits per heavy atom. The molecule has 0 amide bonds. The molecule has 0 radical (unpaired) electrons. The minimum absolute atomic E-state index is 0.0615. The highest BCUT2D eigenvalue weighted by molar-refractivity contribution is 7.45. The number of likely N-dealkylation sites (N-methyl/N-ethyl adjacent to an activating group) is 1. The summed E-state index contributed by atoms with van der Waals surface area (Å²) in [6.45, 7) is 3.89. The Bertz CT molecular complexity index is 1470. The van der Waals surface area contributed by atoms with Crippen LogP contribution in [0.15, 0.2) is 109 Å². The van der Waals surface area contributed by atoms with Gasteiger partial charge in [0.1, 0.15) is 19.8 Å². The van der Waals surface area contributed by atoms with Gasteiger partial charge < -0.3 is 32.6 Å². The molecule has 0 aromatic rings. The first-order chi connectivity index (χ1) is 29.5. The van der Waals surface area contributed by atoms with Crippen molar-refractivity contribution in [2.45, 2.75) is 148 Å². The second-order valence-electron chi connectivity index (χ2n) is 16.1. The Morgan fingerprint density at radius 3 is 1.62 bits per heavy atom. The normalized spacial score (nSPS) is 17.9. The molecule has 1 rings (SSSR count). The lowest BCUT2D eigenvalue weighted by Gasteiger charge is -2.28. The first-order valence-corrected chi connectivity index (χ1v) is 24.2. The molecule has 0 aromatic carbocycles. The SMILES string of the molecule is CC/C=C\CC1OC1C/C=C\C/C=C\C/C=C\C/C=C\CCC(=O)O[C@H](COC(=O)CCC/C=C\C/C=C\C/C=C\C/C=C\CCCCC)COP(=O)([O-])OCC[N+](C)(C)C. The predicted molar refractivity (Wildman–Crippen MR) is 249 cm³/mol. The summed E-state index contributed by atoms with van der Waals surface area (Å²) < 4.78 is 39.4. The zero-order valence-electron chi connectivity index (χ0n) is 38.2. The van der Waals surface area contributed by atoms with Crippen LogP contribution in [0.3, 0.4) is 0 Å². The molecule has 1 fully saturated rings. The van der Waals surface area contributed by atoms with Crippen LogP contribution in [-0.4, -0.2) is 82.2 Å². The summed E-state index contributed by atoms with van der Waals surface area (Å²) in [4.78, 5) is 37.5. The van der Waals surface area contributed by atoms with Crippen molar-refractivity contribution in [1.29, 1.82) is 0 Å². The van der Waals surface area contributed by atoms with E-state index in [0.29, 0.717) is 42.5 Å². The van der Waals surface area contributed by atoms with Crippen LogP contribution in [0.5, 0.6) is 0 Å². The van der Waals surface area contributed by atoms with Crippen LogP contribution in [0.2, 0.25) is 0 Å². The van der Waals surface area contributed by atoms with Crippen LogP contribution in [0, 0.1) is 0 Å². The number of quaternary nitrogens is 1. The van der Waals surface area contributed by atoms with E-state index in [1.165, 1.54) is 19.3 Å². The summed E-state index contributed by atoms with van der Waals surface area (Å²) in [5.41, 5.74) is 0. The Labute approximate surface area is 370 Å². The average Bonchev–Trinajstić information content (AvgIpc) is 3.97. The smallest absolute Gasteiger partial charge is 0.306 e. The fourth-order valence-corrected chi connectivity index (χ4v) is 6.26. The van der Waals surface area contributed by atoms with Gasteiger partial charge in [0.05, 0.1) is 40.0 Å². The third kappa shape index (κ3) is 38.1. The van der Waals surface area contributed by atoms with E-state index >= 15 is 0 Å². The first-order valence-electron chi connectivity index (χ1n) is 22.7. The third-order valence-corrected chi connectivity index (χ3v) is 10.2. The van der Waals surface area contributed by atoms with Gasteiger partial charge in [-0.15, -0.1) is 0 Å². The minimum Gasteiger partial charge on any atom is -0.756 e. The number of esters is 2. The molecule has 10 nitrogen and oxygen atoms in total. The minimum atomic E-state index is -4.67. The molecule has 0 bridgehead atoms. The topological polar surface area (TPSA) is 124 Å². The Morgan fingerprint density at radius 1 is 0.607 bits per heavy atom. The van der Waals surface area contributed by atoms with Crippen LogP contribution in [0.4, 0.5) is 0 Å². The zero-order valence-corrected chi connectivity index (χ0v) is 39.1. The molecule has 11 heteroatoms. The number of ether oxygens (including phenoxy) is 3. The summed E-state index contributed by atoms with van der Waals surface area (Å²) in [6, 6.07) is 0. The molecule has 0 saturated carbocycles. The first kappa shape index (κ1) is 55.6. The van der Waals surface area contributed by atoms with Crippen LogP contribution in [0.1, 0.15) is 129 Å². The molecular formula is C50H80NO9P. The molecule has 1 heterocycles. The van der Waals surface area contributed by atoms with Crippen LogP contribution in [-0.2, 0) is 37.4 Å². The summed E-state index contributed by atoms with van der Waals surface area (Å²) in [7, 11) is 1.06. The standard InChI is InChI=1S/C50H80NO9P/c1-6-8-10-11-12-13-14-15-16-17-18-19-23-26-29-32-36-40-49(52)56-44-46(45-58-61(54,55)57-43-42-51(3,4)5)59-50(53)41-37-33-30-27-24-21-20-22-25-28-31-35-39-48-47(60-48)38-34-9-7-2/h9,12-13,15-16,18-19,21-22,24-26,29-31,33-35,46-48H,6-8,10-11,14,17,20,23,27-28,32,36-45H2,1-5H3/b13-12-,16-15-,19-18-,24-21-,25-22-,29-26-,33-30-,34-9-,35-31-/t46-,47?,48?/m1/s1. The fraction of sp³-hybridized carbons (Fsp3) is 0.600. The number of epoxide rings is 1. The van der Waals surface area contributed by atoms with Gasteiger partial charge in [-0.1, -0.05) is 136 Å². The number of rotatable bonds is 38. The highest BCUT2D eigenvalue weighted by Crippen LogP contribution is 2.38. The van der Waals surface area contributed by atoms with E-state index in [1.807, 2.05) is 39.4 Å². The lowest BCUT2D eigenvalue weighted by molar-refractivity contribution is -0.870. The van der Waals surface area contributed by atoms with E-state index < -0.39 is 32.5 Å². The molecule has 61 heavy (non-hydrogen) atoms. The second-order valence-corrected chi connectivity index (χ2v) is 17.5. The fourth-order valence-electron chi connectivity index (χ4n) is 5.54. The number of phosphoric acid groups is 1. The van der Waals surface area contributed by atoms with Crippen LogP contribution >= 0.6 is 7.82 Å². The summed E-state index contributed by atoms with van der Waals surface area (Å²) in [5.74, 6) is -1.02. The van der Waals surface area contributed by atoms with Crippen LogP contribution < -0.4 is 4.89 Å². The van der Waals surface area contributed by atoms with Gasteiger partial charge in [-0.2, -0.15) is 0 Å². The number of carbonyl (C=O) groups excluding carboxylic acids is 2. The number of hydrogen-bond donors (Lipinski definition) is 0. The molecule has 1 aliphatic rings. The number of unbranched alkanes of at least 4 members (excludes halogenated alkanes) is 4. The van der Waals surface area contributed by atoms with E-state index in [4.69, 9.17) is 23.3 Å². The lowest BCUT2D eigenvalue weighted by Crippen LogP contribution is -2.37. The van der Waals surface area contributed by atoms with Gasteiger partial charge in [-0.3, -0.25) is 14.2 Å². The maximum Gasteiger partial charge on any atom is 0.306 e. The van der Waals surface area contributed by atoms with Crippen molar-refractivity contribution in [2.75, 3.05) is 47.5 Å². The molecule has 344 valence electrons. The van der Waals surface area contributed by atoms with Crippen molar-refractivity contribution < 1.29 is 46.8 Å². The molecule has 1 saturated heterocycles.